The molecule has 0 heterocycles. The smallest absolute Gasteiger partial charge is 0.155 e. The first-order chi connectivity index (χ1) is 6.31. The molecule has 4 heteroatoms. The summed E-state index contributed by atoms with van der Waals surface area (Å²) in [6, 6.07) is 0. The number of hydrogen-bond acceptors (Lipinski definition) is 3. The van der Waals surface area contributed by atoms with Crippen LogP contribution in [0.5, 0.6) is 0 Å². The minimum absolute atomic E-state index is 0.307. The van der Waals surface area contributed by atoms with E-state index in [9.17, 15) is 8.42 Å². The van der Waals surface area contributed by atoms with Crippen LogP contribution >= 0.6 is 0 Å². The number of hydrogen-bond donors (Lipinski definition) is 1. The second-order valence-corrected chi connectivity index (χ2v) is 7.50. The van der Waals surface area contributed by atoms with Crippen molar-refractivity contribution < 1.29 is 8.42 Å². The molecule has 0 saturated carbocycles. The van der Waals surface area contributed by atoms with Crippen molar-refractivity contribution >= 4 is 9.84 Å². The van der Waals surface area contributed by atoms with E-state index >= 15 is 0 Å². The lowest BCUT2D eigenvalue weighted by Gasteiger charge is -2.18. The largest absolute Gasteiger partial charge is 0.330 e. The molecule has 0 fully saturated rings. The van der Waals surface area contributed by atoms with Crippen molar-refractivity contribution in [1.29, 1.82) is 0 Å². The summed E-state index contributed by atoms with van der Waals surface area (Å²) < 4.78 is 22.7. The molecule has 0 aliphatic rings. The summed E-state index contributed by atoms with van der Waals surface area (Å²) >= 11 is 0. The molecule has 0 unspecified atom stereocenters. The van der Waals surface area contributed by atoms with Gasteiger partial charge in [-0.25, -0.2) is 8.42 Å². The van der Waals surface area contributed by atoms with Crippen molar-refractivity contribution in [1.82, 2.24) is 0 Å². The highest BCUT2D eigenvalue weighted by molar-refractivity contribution is 7.92. The van der Waals surface area contributed by atoms with Gasteiger partial charge in [0.25, 0.3) is 0 Å². The Kier molecular flexibility index (Phi) is 5.67. The molecule has 0 aromatic rings. The van der Waals surface area contributed by atoms with Gasteiger partial charge in [0.2, 0.25) is 0 Å². The molecule has 86 valence electrons. The van der Waals surface area contributed by atoms with Crippen LogP contribution in [-0.4, -0.2) is 25.5 Å². The normalized spacial score (nSPS) is 13.1. The summed E-state index contributed by atoms with van der Waals surface area (Å²) in [5.41, 5.74) is 5.35. The molecule has 0 amide bonds. The Morgan fingerprint density at radius 3 is 1.93 bits per heavy atom. The van der Waals surface area contributed by atoms with Gasteiger partial charge in [0.1, 0.15) is 0 Å². The SMILES string of the molecule is CC(C)(C)S(=O)(=O)CCCCCCN. The number of sulfone groups is 1. The maximum atomic E-state index is 11.7. The van der Waals surface area contributed by atoms with Gasteiger partial charge in [-0.3, -0.25) is 0 Å². The Bertz CT molecular complexity index is 239. The zero-order valence-electron chi connectivity index (χ0n) is 9.54. The van der Waals surface area contributed by atoms with Gasteiger partial charge in [-0.2, -0.15) is 0 Å². The quantitative estimate of drug-likeness (QED) is 0.695. The highest BCUT2D eigenvalue weighted by atomic mass is 32.2. The van der Waals surface area contributed by atoms with Crippen LogP contribution in [-0.2, 0) is 9.84 Å². The molecular formula is C10H23NO2S. The van der Waals surface area contributed by atoms with E-state index in [1.807, 2.05) is 0 Å². The van der Waals surface area contributed by atoms with Gasteiger partial charge in [0.15, 0.2) is 9.84 Å². The van der Waals surface area contributed by atoms with E-state index in [0.29, 0.717) is 12.3 Å². The summed E-state index contributed by atoms with van der Waals surface area (Å²) in [4.78, 5) is 0. The zero-order chi connectivity index (χ0) is 11.2. The van der Waals surface area contributed by atoms with Crippen LogP contribution in [0.3, 0.4) is 0 Å². The van der Waals surface area contributed by atoms with Gasteiger partial charge in [-0.1, -0.05) is 12.8 Å². The lowest BCUT2D eigenvalue weighted by molar-refractivity contribution is 0.554. The molecule has 2 N–H and O–H groups in total. The maximum absolute atomic E-state index is 11.7. The monoisotopic (exact) mass is 221 g/mol. The predicted molar refractivity (Wildman–Crippen MR) is 61.1 cm³/mol. The molecule has 0 aliphatic carbocycles. The van der Waals surface area contributed by atoms with E-state index in [-0.39, 0.29) is 0 Å². The van der Waals surface area contributed by atoms with Crippen LogP contribution in [0.1, 0.15) is 46.5 Å². The molecule has 0 bridgehead atoms. The van der Waals surface area contributed by atoms with Crippen molar-refractivity contribution in [3.05, 3.63) is 0 Å². The lowest BCUT2D eigenvalue weighted by atomic mass is 10.2. The number of rotatable bonds is 6. The average Bonchev–Trinajstić information content (AvgIpc) is 2.02. The highest BCUT2D eigenvalue weighted by Gasteiger charge is 2.27. The molecule has 3 nitrogen and oxygen atoms in total. The molecule has 0 saturated heterocycles. The lowest BCUT2D eigenvalue weighted by Crippen LogP contribution is -2.30. The Labute approximate surface area is 88.0 Å². The van der Waals surface area contributed by atoms with Gasteiger partial charge >= 0.3 is 0 Å². The van der Waals surface area contributed by atoms with Crippen molar-refractivity contribution in [2.45, 2.75) is 51.2 Å². The van der Waals surface area contributed by atoms with Gasteiger partial charge in [-0.15, -0.1) is 0 Å². The topological polar surface area (TPSA) is 60.2 Å². The van der Waals surface area contributed by atoms with Crippen molar-refractivity contribution in [3.8, 4) is 0 Å². The Balaban J connectivity index is 3.80. The number of unbranched alkanes of at least 4 members (excludes halogenated alkanes) is 3. The summed E-state index contributed by atoms with van der Waals surface area (Å²) in [5, 5.41) is 0. The third-order valence-electron chi connectivity index (χ3n) is 2.30. The van der Waals surface area contributed by atoms with E-state index in [4.69, 9.17) is 5.73 Å². The molecule has 14 heavy (non-hydrogen) atoms. The average molecular weight is 221 g/mol. The van der Waals surface area contributed by atoms with E-state index < -0.39 is 14.6 Å². The van der Waals surface area contributed by atoms with Crippen LogP contribution in [0.15, 0.2) is 0 Å². The molecule has 0 rings (SSSR count). The fourth-order valence-electron chi connectivity index (χ4n) is 1.10. The minimum Gasteiger partial charge on any atom is -0.330 e. The molecule has 0 radical (unpaired) electrons. The van der Waals surface area contributed by atoms with E-state index in [1.54, 1.807) is 20.8 Å². The first-order valence-corrected chi connectivity index (χ1v) is 6.89. The number of nitrogens with two attached hydrogens (primary N) is 1. The maximum Gasteiger partial charge on any atom is 0.155 e. The summed E-state index contributed by atoms with van der Waals surface area (Å²) in [7, 11) is -2.92. The van der Waals surface area contributed by atoms with Gasteiger partial charge < -0.3 is 5.73 Å². The second kappa shape index (κ2) is 5.71. The Morgan fingerprint density at radius 2 is 1.50 bits per heavy atom. The van der Waals surface area contributed by atoms with Crippen LogP contribution in [0.2, 0.25) is 0 Å². The summed E-state index contributed by atoms with van der Waals surface area (Å²) in [5.74, 6) is 0.307. The molecule has 0 spiro atoms. The van der Waals surface area contributed by atoms with E-state index in [0.717, 1.165) is 25.7 Å². The summed E-state index contributed by atoms with van der Waals surface area (Å²) in [6.07, 6.45) is 3.76. The van der Waals surface area contributed by atoms with Crippen LogP contribution in [0, 0.1) is 0 Å². The molecule has 0 aliphatic heterocycles. The minimum atomic E-state index is -2.92. The summed E-state index contributed by atoms with van der Waals surface area (Å²) in [6.45, 7) is 5.96. The predicted octanol–water partition coefficient (Wildman–Crippen LogP) is 1.72. The molecule has 0 aromatic carbocycles. The Morgan fingerprint density at radius 1 is 1.00 bits per heavy atom. The van der Waals surface area contributed by atoms with Gasteiger partial charge in [-0.05, 0) is 40.2 Å². The van der Waals surface area contributed by atoms with Gasteiger partial charge in [0, 0.05) is 0 Å². The van der Waals surface area contributed by atoms with Crippen molar-refractivity contribution in [2.24, 2.45) is 5.73 Å². The van der Waals surface area contributed by atoms with Gasteiger partial charge in [0.05, 0.1) is 10.5 Å². The molecule has 0 atom stereocenters. The van der Waals surface area contributed by atoms with Crippen LogP contribution in [0.25, 0.3) is 0 Å². The second-order valence-electron chi connectivity index (χ2n) is 4.63. The fraction of sp³-hybridized carbons (Fsp3) is 1.00. The highest BCUT2D eigenvalue weighted by Crippen LogP contribution is 2.17. The first kappa shape index (κ1) is 13.9. The van der Waals surface area contributed by atoms with Crippen LogP contribution in [0.4, 0.5) is 0 Å². The van der Waals surface area contributed by atoms with Crippen LogP contribution < -0.4 is 5.73 Å². The van der Waals surface area contributed by atoms with Crippen molar-refractivity contribution in [3.63, 3.8) is 0 Å². The third-order valence-corrected chi connectivity index (χ3v) is 4.99. The van der Waals surface area contributed by atoms with E-state index in [2.05, 4.69) is 0 Å². The first-order valence-electron chi connectivity index (χ1n) is 5.23. The van der Waals surface area contributed by atoms with E-state index in [1.165, 1.54) is 0 Å². The molecule has 0 aromatic heterocycles. The zero-order valence-corrected chi connectivity index (χ0v) is 10.4. The molecular weight excluding hydrogens is 198 g/mol. The Hall–Kier alpha value is -0.0900. The fourth-order valence-corrected chi connectivity index (χ4v) is 2.29. The standard InChI is InChI=1S/C10H23NO2S/c1-10(2,3)14(12,13)9-7-5-4-6-8-11/h4-9,11H2,1-3H3. The van der Waals surface area contributed by atoms with Crippen molar-refractivity contribution in [2.75, 3.05) is 12.3 Å². The third kappa shape index (κ3) is 4.96.